The van der Waals surface area contributed by atoms with Crippen molar-refractivity contribution in [2.75, 3.05) is 0 Å². The maximum Gasteiger partial charge on any atom is 0.198 e. The maximum absolute atomic E-state index is 13.3. The van der Waals surface area contributed by atoms with Gasteiger partial charge in [-0.25, -0.2) is 0 Å². The van der Waals surface area contributed by atoms with E-state index in [1.54, 1.807) is 25.1 Å². The van der Waals surface area contributed by atoms with Gasteiger partial charge in [-0.05, 0) is 70.7 Å². The van der Waals surface area contributed by atoms with Crippen LogP contribution in [0.15, 0.2) is 52.8 Å². The molecule has 3 aromatic rings. The third kappa shape index (κ3) is 4.68. The second kappa shape index (κ2) is 8.40. The second-order valence-electron chi connectivity index (χ2n) is 10.6. The van der Waals surface area contributed by atoms with E-state index in [1.165, 1.54) is 22.8 Å². The van der Waals surface area contributed by atoms with Crippen molar-refractivity contribution < 1.29 is 4.79 Å². The standard InChI is InChI=1S/C30H32O2/c1-19-16-22(26(30(6,7)8)18-25(19)29(3,4)5)17-20(2)27(31)24-15-11-13-21-12-9-10-14-23(21)28(24)32/h9-10,12,14-18H,1-8H3. The molecule has 0 saturated heterocycles. The number of fused-ring (bicyclic) bond motifs is 1. The van der Waals surface area contributed by atoms with Crippen LogP contribution in [-0.4, -0.2) is 5.78 Å². The van der Waals surface area contributed by atoms with Crippen LogP contribution in [-0.2, 0) is 10.8 Å². The fraction of sp³-hybridized carbons (Fsp3) is 0.333. The Morgan fingerprint density at radius 2 is 1.56 bits per heavy atom. The lowest BCUT2D eigenvalue weighted by Gasteiger charge is -2.28. The highest BCUT2D eigenvalue weighted by Crippen LogP contribution is 2.35. The minimum Gasteiger partial charge on any atom is -0.289 e. The first-order valence-corrected chi connectivity index (χ1v) is 11.0. The molecule has 2 heteroatoms. The molecule has 0 aliphatic carbocycles. The minimum atomic E-state index is -0.286. The van der Waals surface area contributed by atoms with Gasteiger partial charge in [-0.2, -0.15) is 0 Å². The predicted molar refractivity (Wildman–Crippen MR) is 134 cm³/mol. The fourth-order valence-electron chi connectivity index (χ4n) is 4.17. The SMILES string of the molecule is CC(=Cc1cc(C)c(C(C)(C)C)cc1C(C)(C)C)C(=O)c1cc#cc2ccccc2c1=O. The molecule has 3 rings (SSSR count). The number of Topliss-reactive ketones (excluding diaryl/α,β-unsaturated/α-hetero) is 1. The summed E-state index contributed by atoms with van der Waals surface area (Å²) in [6, 6.07) is 18.9. The molecular weight excluding hydrogens is 392 g/mol. The van der Waals surface area contributed by atoms with Gasteiger partial charge in [-0.1, -0.05) is 77.9 Å². The van der Waals surface area contributed by atoms with Crippen molar-refractivity contribution in [3.63, 3.8) is 0 Å². The number of aryl methyl sites for hydroxylation is 1. The average Bonchev–Trinajstić information content (AvgIpc) is 2.84. The zero-order valence-corrected chi connectivity index (χ0v) is 20.4. The third-order valence-electron chi connectivity index (χ3n) is 5.83. The summed E-state index contributed by atoms with van der Waals surface area (Å²) in [5.74, 6) is -0.279. The number of benzene rings is 2. The molecule has 164 valence electrons. The normalized spacial score (nSPS) is 12.6. The highest BCUT2D eigenvalue weighted by Gasteiger charge is 2.24. The summed E-state index contributed by atoms with van der Waals surface area (Å²) in [7, 11) is 0. The zero-order chi connectivity index (χ0) is 23.8. The number of carbonyl (C=O) groups is 1. The van der Waals surface area contributed by atoms with Crippen LogP contribution in [0.3, 0.4) is 0 Å². The largest absolute Gasteiger partial charge is 0.289 e. The Morgan fingerprint density at radius 1 is 0.938 bits per heavy atom. The number of rotatable bonds is 3. The first kappa shape index (κ1) is 23.5. The molecule has 0 saturated carbocycles. The molecule has 3 aromatic carbocycles. The van der Waals surface area contributed by atoms with Crippen LogP contribution in [0.2, 0.25) is 0 Å². The summed E-state index contributed by atoms with van der Waals surface area (Å²) in [5.41, 5.74) is 5.00. The van der Waals surface area contributed by atoms with Crippen LogP contribution < -0.4 is 5.43 Å². The van der Waals surface area contributed by atoms with Gasteiger partial charge in [0.2, 0.25) is 0 Å². The molecule has 0 fully saturated rings. The van der Waals surface area contributed by atoms with E-state index in [9.17, 15) is 9.59 Å². The third-order valence-corrected chi connectivity index (χ3v) is 5.83. The van der Waals surface area contributed by atoms with E-state index in [2.05, 4.69) is 72.7 Å². The van der Waals surface area contributed by atoms with Crippen molar-refractivity contribution in [3.05, 3.63) is 98.2 Å². The van der Waals surface area contributed by atoms with Gasteiger partial charge in [-0.15, -0.1) is 0 Å². The van der Waals surface area contributed by atoms with Crippen LogP contribution in [0, 0.1) is 19.1 Å². The molecule has 0 aliphatic heterocycles. The number of hydrogen-bond acceptors (Lipinski definition) is 2. The number of hydrogen-bond donors (Lipinski definition) is 0. The molecule has 0 spiro atoms. The molecule has 0 unspecified atom stereocenters. The van der Waals surface area contributed by atoms with E-state index in [-0.39, 0.29) is 27.6 Å². The van der Waals surface area contributed by atoms with E-state index in [0.29, 0.717) is 16.3 Å². The summed E-state index contributed by atoms with van der Waals surface area (Å²) in [6.45, 7) is 17.1. The summed E-state index contributed by atoms with van der Waals surface area (Å²) in [5, 5.41) is 1.13. The summed E-state index contributed by atoms with van der Waals surface area (Å²) in [6.07, 6.45) is 1.92. The molecule has 0 amide bonds. The van der Waals surface area contributed by atoms with Gasteiger partial charge in [0.15, 0.2) is 11.2 Å². The zero-order valence-electron chi connectivity index (χ0n) is 20.4. The molecule has 0 aromatic heterocycles. The number of allylic oxidation sites excluding steroid dienone is 1. The topological polar surface area (TPSA) is 34.1 Å². The van der Waals surface area contributed by atoms with E-state index in [0.717, 1.165) is 5.56 Å². The Hall–Kier alpha value is -3.18. The van der Waals surface area contributed by atoms with Crippen molar-refractivity contribution in [2.45, 2.75) is 66.2 Å². The van der Waals surface area contributed by atoms with Crippen LogP contribution in [0.4, 0.5) is 0 Å². The molecular formula is C30H32O2. The Morgan fingerprint density at radius 3 is 2.19 bits per heavy atom. The fourth-order valence-corrected chi connectivity index (χ4v) is 4.17. The van der Waals surface area contributed by atoms with Gasteiger partial charge in [0, 0.05) is 16.8 Å². The first-order chi connectivity index (χ1) is 14.8. The molecule has 2 nitrogen and oxygen atoms in total. The van der Waals surface area contributed by atoms with Crippen LogP contribution in [0.5, 0.6) is 0 Å². The highest BCUT2D eigenvalue weighted by molar-refractivity contribution is 6.11. The van der Waals surface area contributed by atoms with Gasteiger partial charge in [0.25, 0.3) is 0 Å². The Labute approximate surface area is 192 Å². The lowest BCUT2D eigenvalue weighted by molar-refractivity contribution is 0.103. The van der Waals surface area contributed by atoms with Gasteiger partial charge in [0.1, 0.15) is 0 Å². The van der Waals surface area contributed by atoms with E-state index < -0.39 is 0 Å². The summed E-state index contributed by atoms with van der Waals surface area (Å²) in [4.78, 5) is 26.4. The summed E-state index contributed by atoms with van der Waals surface area (Å²) < 4.78 is 0. The Balaban J connectivity index is 2.17. The van der Waals surface area contributed by atoms with Crippen molar-refractivity contribution in [2.24, 2.45) is 0 Å². The van der Waals surface area contributed by atoms with Crippen molar-refractivity contribution in [1.82, 2.24) is 0 Å². The van der Waals surface area contributed by atoms with E-state index >= 15 is 0 Å². The smallest absolute Gasteiger partial charge is 0.198 e. The lowest BCUT2D eigenvalue weighted by atomic mass is 9.76. The average molecular weight is 425 g/mol. The van der Waals surface area contributed by atoms with Gasteiger partial charge < -0.3 is 0 Å². The molecule has 32 heavy (non-hydrogen) atoms. The van der Waals surface area contributed by atoms with Crippen LogP contribution in [0.1, 0.15) is 81.1 Å². The highest BCUT2D eigenvalue weighted by atomic mass is 16.1. The maximum atomic E-state index is 13.3. The molecule has 0 heterocycles. The van der Waals surface area contributed by atoms with Gasteiger partial charge in [0.05, 0.1) is 5.56 Å². The molecule has 0 N–H and O–H groups in total. The first-order valence-electron chi connectivity index (χ1n) is 11.0. The van der Waals surface area contributed by atoms with Crippen molar-refractivity contribution >= 4 is 22.6 Å². The van der Waals surface area contributed by atoms with E-state index in [1.807, 2.05) is 12.1 Å². The predicted octanol–water partition coefficient (Wildman–Crippen LogP) is 6.99. The minimum absolute atomic E-state index is 0.0286. The van der Waals surface area contributed by atoms with Crippen LogP contribution >= 0.6 is 0 Å². The van der Waals surface area contributed by atoms with Crippen molar-refractivity contribution in [3.8, 4) is 0 Å². The summed E-state index contributed by atoms with van der Waals surface area (Å²) >= 11 is 0. The Kier molecular flexibility index (Phi) is 6.16. The van der Waals surface area contributed by atoms with Crippen LogP contribution in [0.25, 0.3) is 16.8 Å². The number of carbonyl (C=O) groups excluding carboxylic acids is 1. The lowest BCUT2D eigenvalue weighted by Crippen LogP contribution is -2.19. The second-order valence-corrected chi connectivity index (χ2v) is 10.6. The number of ketones is 1. The van der Waals surface area contributed by atoms with E-state index in [4.69, 9.17) is 0 Å². The molecule has 0 atom stereocenters. The van der Waals surface area contributed by atoms with Gasteiger partial charge >= 0.3 is 0 Å². The molecule has 0 radical (unpaired) electrons. The van der Waals surface area contributed by atoms with Gasteiger partial charge in [-0.3, -0.25) is 9.59 Å². The molecule has 0 aliphatic rings. The molecule has 0 bridgehead atoms. The monoisotopic (exact) mass is 424 g/mol. The van der Waals surface area contributed by atoms with Crippen molar-refractivity contribution in [1.29, 1.82) is 0 Å². The quantitative estimate of drug-likeness (QED) is 0.335. The Bertz CT molecular complexity index is 1280.